The number of halogens is 2. The Bertz CT molecular complexity index is 766. The standard InChI is InChI=1S/C19H20ClIN2O3/c1-2-26-18(24)9-10-22-19(25)16-11-15(21)7-8-17(16)23-12-13-3-5-14(20)6-4-13/h3-8,11,23H,2,9-10,12H2,1H3,(H,22,25). The minimum Gasteiger partial charge on any atom is -0.466 e. The fraction of sp³-hybridized carbons (Fsp3) is 0.263. The summed E-state index contributed by atoms with van der Waals surface area (Å²) in [6.07, 6.45) is 0.150. The van der Waals surface area contributed by atoms with Crippen molar-refractivity contribution in [1.29, 1.82) is 0 Å². The highest BCUT2D eigenvalue weighted by molar-refractivity contribution is 14.1. The highest BCUT2D eigenvalue weighted by Crippen LogP contribution is 2.20. The number of carbonyl (C=O) groups is 2. The normalized spacial score (nSPS) is 10.3. The molecule has 0 radical (unpaired) electrons. The summed E-state index contributed by atoms with van der Waals surface area (Å²) in [7, 11) is 0. The van der Waals surface area contributed by atoms with E-state index in [0.717, 1.165) is 14.8 Å². The van der Waals surface area contributed by atoms with Gasteiger partial charge < -0.3 is 15.4 Å². The van der Waals surface area contributed by atoms with Gasteiger partial charge in [-0.2, -0.15) is 0 Å². The van der Waals surface area contributed by atoms with Crippen LogP contribution in [0.2, 0.25) is 5.02 Å². The van der Waals surface area contributed by atoms with Gasteiger partial charge in [0.1, 0.15) is 0 Å². The third kappa shape index (κ3) is 6.49. The molecular weight excluding hydrogens is 467 g/mol. The van der Waals surface area contributed by atoms with Crippen molar-refractivity contribution in [2.24, 2.45) is 0 Å². The number of hydrogen-bond donors (Lipinski definition) is 2. The Kier molecular flexibility index (Phi) is 8.18. The van der Waals surface area contributed by atoms with E-state index in [0.29, 0.717) is 23.7 Å². The first-order chi connectivity index (χ1) is 12.5. The lowest BCUT2D eigenvalue weighted by atomic mass is 10.1. The maximum atomic E-state index is 12.5. The Hall–Kier alpha value is -1.80. The van der Waals surface area contributed by atoms with Gasteiger partial charge in [0.25, 0.3) is 5.91 Å². The number of nitrogens with one attached hydrogen (secondary N) is 2. The summed E-state index contributed by atoms with van der Waals surface area (Å²) >= 11 is 8.06. The number of benzene rings is 2. The van der Waals surface area contributed by atoms with Crippen molar-refractivity contribution in [3.05, 3.63) is 62.2 Å². The van der Waals surface area contributed by atoms with Gasteiger partial charge in [0.15, 0.2) is 0 Å². The molecule has 2 N–H and O–H groups in total. The van der Waals surface area contributed by atoms with E-state index in [1.807, 2.05) is 42.5 Å². The van der Waals surface area contributed by atoms with Crippen LogP contribution >= 0.6 is 34.2 Å². The zero-order chi connectivity index (χ0) is 18.9. The van der Waals surface area contributed by atoms with Crippen LogP contribution in [0.3, 0.4) is 0 Å². The fourth-order valence-electron chi connectivity index (χ4n) is 2.26. The zero-order valence-electron chi connectivity index (χ0n) is 14.4. The van der Waals surface area contributed by atoms with Gasteiger partial charge in [-0.1, -0.05) is 23.7 Å². The van der Waals surface area contributed by atoms with Crippen molar-refractivity contribution in [3.8, 4) is 0 Å². The van der Waals surface area contributed by atoms with E-state index in [2.05, 4.69) is 33.2 Å². The molecule has 0 bridgehead atoms. The number of carbonyl (C=O) groups excluding carboxylic acids is 2. The molecule has 26 heavy (non-hydrogen) atoms. The van der Waals surface area contributed by atoms with Gasteiger partial charge in [0.2, 0.25) is 0 Å². The number of hydrogen-bond acceptors (Lipinski definition) is 4. The van der Waals surface area contributed by atoms with Crippen molar-refractivity contribution in [2.45, 2.75) is 19.9 Å². The zero-order valence-corrected chi connectivity index (χ0v) is 17.3. The molecule has 0 aliphatic heterocycles. The molecule has 0 atom stereocenters. The van der Waals surface area contributed by atoms with Crippen molar-refractivity contribution >= 4 is 51.8 Å². The highest BCUT2D eigenvalue weighted by atomic mass is 127. The monoisotopic (exact) mass is 486 g/mol. The lowest BCUT2D eigenvalue weighted by molar-refractivity contribution is -0.142. The van der Waals surface area contributed by atoms with Gasteiger partial charge in [0, 0.05) is 27.4 Å². The van der Waals surface area contributed by atoms with Crippen LogP contribution in [0.5, 0.6) is 0 Å². The van der Waals surface area contributed by atoms with Gasteiger partial charge >= 0.3 is 5.97 Å². The second-order valence-electron chi connectivity index (χ2n) is 5.48. The second-order valence-corrected chi connectivity index (χ2v) is 7.16. The van der Waals surface area contributed by atoms with Crippen LogP contribution in [-0.2, 0) is 16.1 Å². The largest absolute Gasteiger partial charge is 0.466 e. The maximum Gasteiger partial charge on any atom is 0.307 e. The molecule has 0 aliphatic rings. The minimum atomic E-state index is -0.323. The van der Waals surface area contributed by atoms with Crippen LogP contribution in [0, 0.1) is 3.57 Å². The van der Waals surface area contributed by atoms with Crippen LogP contribution in [-0.4, -0.2) is 25.0 Å². The molecule has 0 unspecified atom stereocenters. The molecule has 1 amide bonds. The SMILES string of the molecule is CCOC(=O)CCNC(=O)c1cc(I)ccc1NCc1ccc(Cl)cc1. The Morgan fingerprint density at radius 2 is 1.88 bits per heavy atom. The van der Waals surface area contributed by atoms with Gasteiger partial charge in [-0.05, 0) is 65.4 Å². The predicted molar refractivity (Wildman–Crippen MR) is 112 cm³/mol. The van der Waals surface area contributed by atoms with Crippen LogP contribution in [0.25, 0.3) is 0 Å². The molecule has 5 nitrogen and oxygen atoms in total. The van der Waals surface area contributed by atoms with Gasteiger partial charge in [-0.3, -0.25) is 9.59 Å². The lowest BCUT2D eigenvalue weighted by Crippen LogP contribution is -2.27. The topological polar surface area (TPSA) is 67.4 Å². The molecular formula is C19H20ClIN2O3. The van der Waals surface area contributed by atoms with Crippen LogP contribution in [0.1, 0.15) is 29.3 Å². The summed E-state index contributed by atoms with van der Waals surface area (Å²) in [5, 5.41) is 6.72. The van der Waals surface area contributed by atoms with E-state index >= 15 is 0 Å². The van der Waals surface area contributed by atoms with Gasteiger partial charge in [-0.15, -0.1) is 0 Å². The Morgan fingerprint density at radius 3 is 2.58 bits per heavy atom. The summed E-state index contributed by atoms with van der Waals surface area (Å²) in [6.45, 7) is 2.89. The van der Waals surface area contributed by atoms with Crippen molar-refractivity contribution in [3.63, 3.8) is 0 Å². The summed E-state index contributed by atoms with van der Waals surface area (Å²) in [4.78, 5) is 23.9. The molecule has 2 aromatic rings. The number of rotatable bonds is 8. The molecule has 138 valence electrons. The summed E-state index contributed by atoms with van der Waals surface area (Å²) in [5.41, 5.74) is 2.32. The lowest BCUT2D eigenvalue weighted by Gasteiger charge is -2.13. The number of ether oxygens (including phenoxy) is 1. The third-order valence-corrected chi connectivity index (χ3v) is 4.47. The van der Waals surface area contributed by atoms with Crippen LogP contribution < -0.4 is 10.6 Å². The van der Waals surface area contributed by atoms with E-state index in [4.69, 9.17) is 16.3 Å². The predicted octanol–water partition coefficient (Wildman–Crippen LogP) is 4.24. The highest BCUT2D eigenvalue weighted by Gasteiger charge is 2.13. The second kappa shape index (κ2) is 10.4. The fourth-order valence-corrected chi connectivity index (χ4v) is 2.88. The summed E-state index contributed by atoms with van der Waals surface area (Å²) in [6, 6.07) is 13.1. The molecule has 2 rings (SSSR count). The van der Waals surface area contributed by atoms with Crippen molar-refractivity contribution < 1.29 is 14.3 Å². The third-order valence-electron chi connectivity index (χ3n) is 3.54. The number of anilines is 1. The summed E-state index contributed by atoms with van der Waals surface area (Å²) in [5.74, 6) is -0.553. The molecule has 0 saturated heterocycles. The smallest absolute Gasteiger partial charge is 0.307 e. The van der Waals surface area contributed by atoms with E-state index in [9.17, 15) is 9.59 Å². The molecule has 7 heteroatoms. The average Bonchev–Trinajstić information content (AvgIpc) is 2.62. The molecule has 0 spiro atoms. The van der Waals surface area contributed by atoms with Crippen LogP contribution in [0.4, 0.5) is 5.69 Å². The van der Waals surface area contributed by atoms with E-state index in [-0.39, 0.29) is 24.8 Å². The Morgan fingerprint density at radius 1 is 1.15 bits per heavy atom. The molecule has 0 saturated carbocycles. The Labute approximate surface area is 171 Å². The average molecular weight is 487 g/mol. The van der Waals surface area contributed by atoms with Gasteiger partial charge in [-0.25, -0.2) is 0 Å². The van der Waals surface area contributed by atoms with Gasteiger partial charge in [0.05, 0.1) is 18.6 Å². The van der Waals surface area contributed by atoms with E-state index in [1.165, 1.54) is 0 Å². The summed E-state index contributed by atoms with van der Waals surface area (Å²) < 4.78 is 5.81. The first kappa shape index (κ1) is 20.5. The maximum absolute atomic E-state index is 12.5. The van der Waals surface area contributed by atoms with Crippen LogP contribution in [0.15, 0.2) is 42.5 Å². The first-order valence-electron chi connectivity index (χ1n) is 8.21. The number of amides is 1. The van der Waals surface area contributed by atoms with E-state index < -0.39 is 0 Å². The molecule has 0 aliphatic carbocycles. The first-order valence-corrected chi connectivity index (χ1v) is 9.67. The molecule has 0 fully saturated rings. The quantitative estimate of drug-likeness (QED) is 0.433. The van der Waals surface area contributed by atoms with Crippen molar-refractivity contribution in [2.75, 3.05) is 18.5 Å². The molecule has 0 aromatic heterocycles. The minimum absolute atomic E-state index is 0.150. The van der Waals surface area contributed by atoms with Crippen molar-refractivity contribution in [1.82, 2.24) is 5.32 Å². The number of esters is 1. The molecule has 2 aromatic carbocycles. The van der Waals surface area contributed by atoms with E-state index in [1.54, 1.807) is 6.92 Å². The molecule has 0 heterocycles. The Balaban J connectivity index is 2.00.